The normalized spacial score (nSPS) is 23.6. The molecule has 1 saturated heterocycles. The lowest BCUT2D eigenvalue weighted by atomic mass is 9.96. The van der Waals surface area contributed by atoms with E-state index < -0.39 is 0 Å². The number of nitrogens with zero attached hydrogens (tertiary/aromatic N) is 1. The molecule has 0 bridgehead atoms. The van der Waals surface area contributed by atoms with Crippen molar-refractivity contribution in [3.8, 4) is 0 Å². The fourth-order valence-corrected chi connectivity index (χ4v) is 3.67. The van der Waals surface area contributed by atoms with Gasteiger partial charge in [0.1, 0.15) is 0 Å². The Morgan fingerprint density at radius 1 is 1.24 bits per heavy atom. The summed E-state index contributed by atoms with van der Waals surface area (Å²) in [6.45, 7) is 7.01. The summed E-state index contributed by atoms with van der Waals surface area (Å²) in [5, 5.41) is 1.05. The average molecular weight is 284 g/mol. The van der Waals surface area contributed by atoms with Crippen molar-refractivity contribution in [3.05, 3.63) is 35.5 Å². The summed E-state index contributed by atoms with van der Waals surface area (Å²) in [5.41, 5.74) is 2.91. The Morgan fingerprint density at radius 3 is 2.62 bits per heavy atom. The minimum absolute atomic E-state index is 0.241. The molecule has 112 valence electrons. The van der Waals surface area contributed by atoms with E-state index in [1.165, 1.54) is 19.3 Å². The number of aromatic nitrogens is 1. The van der Waals surface area contributed by atoms with Crippen molar-refractivity contribution in [2.45, 2.75) is 52.1 Å². The van der Waals surface area contributed by atoms with Crippen LogP contribution in [0.4, 0.5) is 0 Å². The van der Waals surface area contributed by atoms with Crippen LogP contribution in [0.25, 0.3) is 10.9 Å². The van der Waals surface area contributed by atoms with Crippen molar-refractivity contribution in [1.82, 2.24) is 9.88 Å². The van der Waals surface area contributed by atoms with E-state index >= 15 is 0 Å². The summed E-state index contributed by atoms with van der Waals surface area (Å²) in [6, 6.07) is 9.08. The SMILES string of the molecule is Cc1[nH]c2ccccc2c1C(=O)CN1[C@@H](C)CCC[C@@H]1C. The molecule has 1 N–H and O–H groups in total. The first-order valence-corrected chi connectivity index (χ1v) is 7.94. The van der Waals surface area contributed by atoms with Gasteiger partial charge in [0.2, 0.25) is 0 Å². The number of likely N-dealkylation sites (tertiary alicyclic amines) is 1. The van der Waals surface area contributed by atoms with Crippen molar-refractivity contribution in [2.75, 3.05) is 6.54 Å². The van der Waals surface area contributed by atoms with Gasteiger partial charge in [0, 0.05) is 34.2 Å². The number of carbonyl (C=O) groups excluding carboxylic acids is 1. The Kier molecular flexibility index (Phi) is 3.85. The molecule has 3 nitrogen and oxygen atoms in total. The second-order valence-corrected chi connectivity index (χ2v) is 6.40. The number of rotatable bonds is 3. The molecule has 1 fully saturated rings. The van der Waals surface area contributed by atoms with Crippen molar-refractivity contribution in [3.63, 3.8) is 0 Å². The van der Waals surface area contributed by atoms with Crippen LogP contribution in [-0.2, 0) is 0 Å². The van der Waals surface area contributed by atoms with Crippen molar-refractivity contribution in [2.24, 2.45) is 0 Å². The molecular formula is C18H24N2O. The molecule has 1 aromatic heterocycles. The number of benzene rings is 1. The molecule has 0 radical (unpaired) electrons. The Labute approximate surface area is 126 Å². The highest BCUT2D eigenvalue weighted by Crippen LogP contribution is 2.26. The third-order valence-electron chi connectivity index (χ3n) is 4.87. The number of H-pyrrole nitrogens is 1. The maximum atomic E-state index is 12.8. The number of piperidine rings is 1. The van der Waals surface area contributed by atoms with Crippen LogP contribution >= 0.6 is 0 Å². The Hall–Kier alpha value is -1.61. The molecule has 2 heterocycles. The molecule has 1 aliphatic rings. The first-order valence-electron chi connectivity index (χ1n) is 7.94. The summed E-state index contributed by atoms with van der Waals surface area (Å²) in [5.74, 6) is 0.241. The number of nitrogens with one attached hydrogen (secondary N) is 1. The van der Waals surface area contributed by atoms with E-state index in [2.05, 4.69) is 23.7 Å². The molecule has 3 heteroatoms. The van der Waals surface area contributed by atoms with Gasteiger partial charge in [0.15, 0.2) is 5.78 Å². The fraction of sp³-hybridized carbons (Fsp3) is 0.500. The molecule has 0 spiro atoms. The predicted octanol–water partition coefficient (Wildman–Crippen LogP) is 3.92. The minimum Gasteiger partial charge on any atom is -0.358 e. The lowest BCUT2D eigenvalue weighted by molar-refractivity contribution is 0.0735. The third kappa shape index (κ3) is 2.62. The number of para-hydroxylation sites is 1. The summed E-state index contributed by atoms with van der Waals surface area (Å²) in [4.78, 5) is 18.5. The number of aryl methyl sites for hydroxylation is 1. The quantitative estimate of drug-likeness (QED) is 0.867. The molecule has 0 unspecified atom stereocenters. The molecule has 2 atom stereocenters. The topological polar surface area (TPSA) is 36.1 Å². The van der Waals surface area contributed by atoms with Crippen LogP contribution in [0.5, 0.6) is 0 Å². The van der Waals surface area contributed by atoms with Crippen LogP contribution < -0.4 is 0 Å². The highest BCUT2D eigenvalue weighted by molar-refractivity contribution is 6.10. The second-order valence-electron chi connectivity index (χ2n) is 6.40. The van der Waals surface area contributed by atoms with Gasteiger partial charge < -0.3 is 4.98 Å². The Morgan fingerprint density at radius 2 is 1.90 bits per heavy atom. The highest BCUT2D eigenvalue weighted by atomic mass is 16.1. The van der Waals surface area contributed by atoms with Crippen LogP contribution in [0.2, 0.25) is 0 Å². The van der Waals surface area contributed by atoms with Crippen molar-refractivity contribution >= 4 is 16.7 Å². The van der Waals surface area contributed by atoms with Gasteiger partial charge in [0.25, 0.3) is 0 Å². The van der Waals surface area contributed by atoms with E-state index in [1.807, 2.05) is 31.2 Å². The van der Waals surface area contributed by atoms with Gasteiger partial charge in [-0.15, -0.1) is 0 Å². The molecule has 1 aliphatic heterocycles. The molecule has 2 aromatic rings. The molecule has 0 amide bonds. The van der Waals surface area contributed by atoms with Crippen molar-refractivity contribution < 1.29 is 4.79 Å². The van der Waals surface area contributed by atoms with Gasteiger partial charge in [-0.05, 0) is 39.7 Å². The summed E-state index contributed by atoms with van der Waals surface area (Å²) in [7, 11) is 0. The zero-order valence-electron chi connectivity index (χ0n) is 13.1. The van der Waals surface area contributed by atoms with E-state index in [4.69, 9.17) is 0 Å². The van der Waals surface area contributed by atoms with Crippen molar-refractivity contribution in [1.29, 1.82) is 0 Å². The van der Waals surface area contributed by atoms with Crippen LogP contribution in [-0.4, -0.2) is 34.3 Å². The van der Waals surface area contributed by atoms with Gasteiger partial charge in [0.05, 0.1) is 6.54 Å². The molecule has 0 saturated carbocycles. The van der Waals surface area contributed by atoms with Crippen LogP contribution in [0, 0.1) is 6.92 Å². The van der Waals surface area contributed by atoms with Gasteiger partial charge in [-0.25, -0.2) is 0 Å². The first-order chi connectivity index (χ1) is 10.1. The fourth-order valence-electron chi connectivity index (χ4n) is 3.67. The number of aromatic amines is 1. The maximum absolute atomic E-state index is 12.8. The molecular weight excluding hydrogens is 260 g/mol. The number of Topliss-reactive ketones (excluding diaryl/α,β-unsaturated/α-hetero) is 1. The van der Waals surface area contributed by atoms with E-state index in [-0.39, 0.29) is 5.78 Å². The summed E-state index contributed by atoms with van der Waals surface area (Å²) >= 11 is 0. The average Bonchev–Trinajstić information content (AvgIpc) is 2.78. The molecule has 1 aromatic carbocycles. The van der Waals surface area contributed by atoms with E-state index in [9.17, 15) is 4.79 Å². The Bertz CT molecular complexity index is 648. The van der Waals surface area contributed by atoms with Gasteiger partial charge in [-0.3, -0.25) is 9.69 Å². The number of fused-ring (bicyclic) bond motifs is 1. The maximum Gasteiger partial charge on any atom is 0.179 e. The largest absolute Gasteiger partial charge is 0.358 e. The van der Waals surface area contributed by atoms with E-state index in [0.29, 0.717) is 18.6 Å². The number of hydrogen-bond donors (Lipinski definition) is 1. The highest BCUT2D eigenvalue weighted by Gasteiger charge is 2.28. The van der Waals surface area contributed by atoms with Gasteiger partial charge in [-0.1, -0.05) is 24.6 Å². The lowest BCUT2D eigenvalue weighted by Gasteiger charge is -2.38. The summed E-state index contributed by atoms with van der Waals surface area (Å²) in [6.07, 6.45) is 3.67. The van der Waals surface area contributed by atoms with E-state index in [0.717, 1.165) is 22.2 Å². The molecule has 3 rings (SSSR count). The second kappa shape index (κ2) is 5.64. The molecule has 21 heavy (non-hydrogen) atoms. The Balaban J connectivity index is 1.88. The predicted molar refractivity (Wildman–Crippen MR) is 86.8 cm³/mol. The number of ketones is 1. The standard InChI is InChI=1S/C18H24N2O/c1-12-7-6-8-13(2)20(12)11-17(21)18-14(3)19-16-10-5-4-9-15(16)18/h4-5,9-10,12-13,19H,6-8,11H2,1-3H3/t12-,13-/m0/s1. The number of carbonyl (C=O) groups is 1. The summed E-state index contributed by atoms with van der Waals surface area (Å²) < 4.78 is 0. The van der Waals surface area contributed by atoms with E-state index in [1.54, 1.807) is 0 Å². The van der Waals surface area contributed by atoms with Gasteiger partial charge in [-0.2, -0.15) is 0 Å². The number of hydrogen-bond acceptors (Lipinski definition) is 2. The zero-order valence-corrected chi connectivity index (χ0v) is 13.1. The monoisotopic (exact) mass is 284 g/mol. The first kappa shape index (κ1) is 14.3. The van der Waals surface area contributed by atoms with Crippen LogP contribution in [0.1, 0.15) is 49.2 Å². The van der Waals surface area contributed by atoms with Crippen LogP contribution in [0.3, 0.4) is 0 Å². The lowest BCUT2D eigenvalue weighted by Crippen LogP contribution is -2.46. The minimum atomic E-state index is 0.241. The van der Waals surface area contributed by atoms with Gasteiger partial charge >= 0.3 is 0 Å². The smallest absolute Gasteiger partial charge is 0.179 e. The van der Waals surface area contributed by atoms with Crippen LogP contribution in [0.15, 0.2) is 24.3 Å². The zero-order chi connectivity index (χ0) is 15.0. The third-order valence-corrected chi connectivity index (χ3v) is 4.87. The molecule has 0 aliphatic carbocycles.